The molecule has 4 nitrogen and oxygen atoms in total. The summed E-state index contributed by atoms with van der Waals surface area (Å²) in [6.45, 7) is 5.01. The molecule has 0 bridgehead atoms. The van der Waals surface area contributed by atoms with Gasteiger partial charge in [0.15, 0.2) is 5.96 Å². The molecule has 1 heterocycles. The molecule has 0 aromatic carbocycles. The minimum absolute atomic E-state index is 0.398. The second-order valence-electron chi connectivity index (χ2n) is 5.09. The number of hydrogen-bond donors (Lipinski definition) is 1. The number of aliphatic imine (C=N–C) groups is 1. The highest BCUT2D eigenvalue weighted by atomic mass is 16.5. The molecule has 0 aromatic rings. The van der Waals surface area contributed by atoms with E-state index in [2.05, 4.69) is 9.89 Å². The van der Waals surface area contributed by atoms with Crippen LogP contribution >= 0.6 is 0 Å². The van der Waals surface area contributed by atoms with Crippen molar-refractivity contribution < 1.29 is 4.74 Å². The van der Waals surface area contributed by atoms with Crippen molar-refractivity contribution in [3.05, 3.63) is 0 Å². The molecule has 17 heavy (non-hydrogen) atoms. The minimum atomic E-state index is 0.398. The van der Waals surface area contributed by atoms with E-state index >= 15 is 0 Å². The average molecular weight is 239 g/mol. The fourth-order valence-corrected chi connectivity index (χ4v) is 2.58. The van der Waals surface area contributed by atoms with Crippen LogP contribution in [0.3, 0.4) is 0 Å². The number of rotatable bonds is 3. The van der Waals surface area contributed by atoms with Gasteiger partial charge in [0.25, 0.3) is 0 Å². The Bertz CT molecular complexity index is 253. The maximum atomic E-state index is 6.08. The highest BCUT2D eigenvalue weighted by Gasteiger charge is 2.29. The zero-order chi connectivity index (χ0) is 12.1. The van der Waals surface area contributed by atoms with Gasteiger partial charge in [0.05, 0.1) is 12.1 Å². The van der Waals surface area contributed by atoms with Gasteiger partial charge in [0.2, 0.25) is 0 Å². The van der Waals surface area contributed by atoms with E-state index in [9.17, 15) is 0 Å². The quantitative estimate of drug-likeness (QED) is 0.603. The van der Waals surface area contributed by atoms with Crippen molar-refractivity contribution in [3.8, 4) is 0 Å². The van der Waals surface area contributed by atoms with Crippen molar-refractivity contribution >= 4 is 5.96 Å². The molecule has 2 N–H and O–H groups in total. The van der Waals surface area contributed by atoms with Crippen LogP contribution in [-0.2, 0) is 4.74 Å². The summed E-state index contributed by atoms with van der Waals surface area (Å²) in [6.07, 6.45) is 7.68. The van der Waals surface area contributed by atoms with Gasteiger partial charge in [-0.05, 0) is 32.6 Å². The summed E-state index contributed by atoms with van der Waals surface area (Å²) >= 11 is 0. The van der Waals surface area contributed by atoms with Gasteiger partial charge in [-0.3, -0.25) is 0 Å². The van der Waals surface area contributed by atoms with Gasteiger partial charge >= 0.3 is 0 Å². The zero-order valence-electron chi connectivity index (χ0n) is 10.9. The molecular weight excluding hydrogens is 214 g/mol. The van der Waals surface area contributed by atoms with Crippen molar-refractivity contribution in [2.24, 2.45) is 10.7 Å². The molecule has 1 aliphatic heterocycles. The fraction of sp³-hybridized carbons (Fsp3) is 0.923. The lowest BCUT2D eigenvalue weighted by Crippen LogP contribution is -2.42. The van der Waals surface area contributed by atoms with Gasteiger partial charge in [-0.25, -0.2) is 4.99 Å². The summed E-state index contributed by atoms with van der Waals surface area (Å²) < 4.78 is 5.53. The molecule has 0 unspecified atom stereocenters. The molecule has 2 fully saturated rings. The van der Waals surface area contributed by atoms with Gasteiger partial charge in [0.1, 0.15) is 0 Å². The van der Waals surface area contributed by atoms with E-state index in [1.165, 1.54) is 25.7 Å². The summed E-state index contributed by atoms with van der Waals surface area (Å²) in [5.41, 5.74) is 6.08. The second-order valence-corrected chi connectivity index (χ2v) is 5.09. The Morgan fingerprint density at radius 2 is 1.88 bits per heavy atom. The predicted octanol–water partition coefficient (Wildman–Crippen LogP) is 1.74. The van der Waals surface area contributed by atoms with Gasteiger partial charge in [0, 0.05) is 19.7 Å². The lowest BCUT2D eigenvalue weighted by Gasteiger charge is -2.33. The average Bonchev–Trinajstić information content (AvgIpc) is 2.54. The third-order valence-corrected chi connectivity index (χ3v) is 3.72. The maximum Gasteiger partial charge on any atom is 0.191 e. The van der Waals surface area contributed by atoms with Gasteiger partial charge in [-0.15, -0.1) is 0 Å². The van der Waals surface area contributed by atoms with Crippen LogP contribution in [0.2, 0.25) is 0 Å². The molecule has 2 aliphatic rings. The number of nitrogens with zero attached hydrogens (tertiary/aromatic N) is 2. The van der Waals surface area contributed by atoms with Crippen LogP contribution < -0.4 is 5.73 Å². The van der Waals surface area contributed by atoms with E-state index in [0.29, 0.717) is 12.1 Å². The summed E-state index contributed by atoms with van der Waals surface area (Å²) in [7, 11) is 0. The molecule has 1 saturated heterocycles. The van der Waals surface area contributed by atoms with Crippen molar-refractivity contribution in [1.82, 2.24) is 4.90 Å². The molecule has 0 radical (unpaired) electrons. The Labute approximate surface area is 104 Å². The van der Waals surface area contributed by atoms with Crippen LogP contribution in [0.4, 0.5) is 0 Å². The van der Waals surface area contributed by atoms with E-state index in [4.69, 9.17) is 10.5 Å². The normalized spacial score (nSPS) is 30.9. The SMILES string of the molecule is CCOC1CC(N=C(N)N2CCCCCC2)C1. The smallest absolute Gasteiger partial charge is 0.191 e. The van der Waals surface area contributed by atoms with Crippen LogP contribution in [0.15, 0.2) is 4.99 Å². The second kappa shape index (κ2) is 6.24. The first kappa shape index (κ1) is 12.7. The molecular formula is C13H25N3O. The molecule has 1 saturated carbocycles. The molecule has 0 atom stereocenters. The largest absolute Gasteiger partial charge is 0.378 e. The van der Waals surface area contributed by atoms with E-state index in [1.807, 2.05) is 6.92 Å². The van der Waals surface area contributed by atoms with Crippen LogP contribution in [0.25, 0.3) is 0 Å². The van der Waals surface area contributed by atoms with Crippen molar-refractivity contribution in [1.29, 1.82) is 0 Å². The lowest BCUT2D eigenvalue weighted by molar-refractivity contribution is -0.000944. The Morgan fingerprint density at radius 3 is 2.47 bits per heavy atom. The number of hydrogen-bond acceptors (Lipinski definition) is 2. The third-order valence-electron chi connectivity index (χ3n) is 3.72. The van der Waals surface area contributed by atoms with Crippen LogP contribution in [-0.4, -0.2) is 42.7 Å². The highest BCUT2D eigenvalue weighted by molar-refractivity contribution is 5.78. The summed E-state index contributed by atoms with van der Waals surface area (Å²) in [5.74, 6) is 0.756. The van der Waals surface area contributed by atoms with Gasteiger partial charge < -0.3 is 15.4 Å². The summed E-state index contributed by atoms with van der Waals surface area (Å²) in [6, 6.07) is 0.398. The summed E-state index contributed by atoms with van der Waals surface area (Å²) in [4.78, 5) is 6.87. The Morgan fingerprint density at radius 1 is 1.24 bits per heavy atom. The molecule has 1 aliphatic carbocycles. The first-order valence-electron chi connectivity index (χ1n) is 6.99. The molecule has 4 heteroatoms. The number of nitrogens with two attached hydrogens (primary N) is 1. The third kappa shape index (κ3) is 3.60. The monoisotopic (exact) mass is 239 g/mol. The lowest BCUT2D eigenvalue weighted by atomic mass is 9.90. The van der Waals surface area contributed by atoms with Gasteiger partial charge in [-0.2, -0.15) is 0 Å². The molecule has 0 amide bonds. The molecule has 0 spiro atoms. The van der Waals surface area contributed by atoms with Crippen LogP contribution in [0.5, 0.6) is 0 Å². The van der Waals surface area contributed by atoms with Crippen molar-refractivity contribution in [3.63, 3.8) is 0 Å². The van der Waals surface area contributed by atoms with Crippen molar-refractivity contribution in [2.45, 2.75) is 57.6 Å². The molecule has 2 rings (SSSR count). The zero-order valence-corrected chi connectivity index (χ0v) is 10.9. The minimum Gasteiger partial charge on any atom is -0.378 e. The van der Waals surface area contributed by atoms with E-state index in [1.54, 1.807) is 0 Å². The van der Waals surface area contributed by atoms with Gasteiger partial charge in [-0.1, -0.05) is 12.8 Å². The van der Waals surface area contributed by atoms with E-state index in [-0.39, 0.29) is 0 Å². The number of ether oxygens (including phenoxy) is 1. The predicted molar refractivity (Wildman–Crippen MR) is 70.1 cm³/mol. The van der Waals surface area contributed by atoms with E-state index < -0.39 is 0 Å². The Balaban J connectivity index is 1.77. The number of likely N-dealkylation sites (tertiary alicyclic amines) is 1. The Hall–Kier alpha value is -0.770. The highest BCUT2D eigenvalue weighted by Crippen LogP contribution is 2.26. The Kier molecular flexibility index (Phi) is 4.66. The topological polar surface area (TPSA) is 50.9 Å². The molecule has 0 aromatic heterocycles. The van der Waals surface area contributed by atoms with E-state index in [0.717, 1.165) is 38.5 Å². The summed E-state index contributed by atoms with van der Waals surface area (Å²) in [5, 5.41) is 0. The van der Waals surface area contributed by atoms with Crippen molar-refractivity contribution in [2.75, 3.05) is 19.7 Å². The first-order chi connectivity index (χ1) is 8.29. The first-order valence-corrected chi connectivity index (χ1v) is 6.99. The fourth-order valence-electron chi connectivity index (χ4n) is 2.58. The standard InChI is InChI=1S/C13H25N3O/c1-2-17-12-9-11(10-12)15-13(14)16-7-5-3-4-6-8-16/h11-12H,2-10H2,1H3,(H2,14,15). The van der Waals surface area contributed by atoms with Crippen LogP contribution in [0.1, 0.15) is 45.4 Å². The number of guanidine groups is 1. The maximum absolute atomic E-state index is 6.08. The molecule has 98 valence electrons. The van der Waals surface area contributed by atoms with Crippen LogP contribution in [0, 0.1) is 0 Å².